The third-order valence-electron chi connectivity index (χ3n) is 5.06. The second-order valence-corrected chi connectivity index (χ2v) is 6.45. The third-order valence-corrected chi connectivity index (χ3v) is 5.06. The van der Waals surface area contributed by atoms with E-state index in [2.05, 4.69) is 4.99 Å². The first-order valence-electron chi connectivity index (χ1n) is 8.63. The van der Waals surface area contributed by atoms with E-state index in [1.165, 1.54) is 7.11 Å². The number of carbonyl (C=O) groups excluding carboxylic acids is 2. The summed E-state index contributed by atoms with van der Waals surface area (Å²) in [5.41, 5.74) is 2.76. The van der Waals surface area contributed by atoms with Crippen LogP contribution in [-0.4, -0.2) is 38.8 Å². The largest absolute Gasteiger partial charge is 0.493 e. The number of benzene rings is 1. The summed E-state index contributed by atoms with van der Waals surface area (Å²) >= 11 is 0. The SMILES string of the molecule is COC(=O)C1C(C)=NC2=C(C(=O)CCC2)[C@@H]1c1cccc(OC)c1OC. The van der Waals surface area contributed by atoms with Crippen LogP contribution in [0.15, 0.2) is 34.5 Å². The lowest BCUT2D eigenvalue weighted by Gasteiger charge is -2.35. The highest BCUT2D eigenvalue weighted by molar-refractivity contribution is 6.09. The van der Waals surface area contributed by atoms with Gasteiger partial charge in [0.15, 0.2) is 17.3 Å². The van der Waals surface area contributed by atoms with Gasteiger partial charge in [-0.1, -0.05) is 12.1 Å². The lowest BCUT2D eigenvalue weighted by molar-refractivity contribution is -0.143. The zero-order chi connectivity index (χ0) is 18.8. The Morgan fingerprint density at radius 1 is 1.15 bits per heavy atom. The molecule has 138 valence electrons. The Morgan fingerprint density at radius 3 is 2.58 bits per heavy atom. The molecular weight excluding hydrogens is 334 g/mol. The van der Waals surface area contributed by atoms with Crippen LogP contribution in [0.5, 0.6) is 11.5 Å². The summed E-state index contributed by atoms with van der Waals surface area (Å²) < 4.78 is 16.0. The van der Waals surface area contributed by atoms with E-state index in [9.17, 15) is 9.59 Å². The Hall–Kier alpha value is -2.63. The van der Waals surface area contributed by atoms with Crippen LogP contribution in [0.2, 0.25) is 0 Å². The first-order chi connectivity index (χ1) is 12.5. The maximum absolute atomic E-state index is 12.8. The van der Waals surface area contributed by atoms with Crippen molar-refractivity contribution in [3.8, 4) is 11.5 Å². The number of rotatable bonds is 4. The quantitative estimate of drug-likeness (QED) is 0.774. The number of esters is 1. The summed E-state index contributed by atoms with van der Waals surface area (Å²) in [7, 11) is 4.46. The van der Waals surface area contributed by atoms with E-state index in [1.807, 2.05) is 19.1 Å². The zero-order valence-electron chi connectivity index (χ0n) is 15.5. The molecular formula is C20H23NO5. The summed E-state index contributed by atoms with van der Waals surface area (Å²) in [5.74, 6) is -0.458. The molecule has 0 fully saturated rings. The molecule has 0 spiro atoms. The maximum Gasteiger partial charge on any atom is 0.315 e. The summed E-state index contributed by atoms with van der Waals surface area (Å²) in [4.78, 5) is 29.9. The fourth-order valence-electron chi connectivity index (χ4n) is 3.93. The monoisotopic (exact) mass is 357 g/mol. The molecule has 1 unspecified atom stereocenters. The van der Waals surface area contributed by atoms with Crippen molar-refractivity contribution < 1.29 is 23.8 Å². The molecule has 2 aliphatic rings. The lowest BCUT2D eigenvalue weighted by atomic mass is 9.71. The van der Waals surface area contributed by atoms with Crippen LogP contribution in [0.4, 0.5) is 0 Å². The van der Waals surface area contributed by atoms with Gasteiger partial charge >= 0.3 is 5.97 Å². The van der Waals surface area contributed by atoms with Gasteiger partial charge in [-0.2, -0.15) is 0 Å². The zero-order valence-corrected chi connectivity index (χ0v) is 15.5. The van der Waals surface area contributed by atoms with Crippen LogP contribution in [0.1, 0.15) is 37.7 Å². The van der Waals surface area contributed by atoms with Crippen LogP contribution < -0.4 is 9.47 Å². The fraction of sp³-hybridized carbons (Fsp3) is 0.450. The smallest absolute Gasteiger partial charge is 0.315 e. The molecule has 0 radical (unpaired) electrons. The summed E-state index contributed by atoms with van der Waals surface area (Å²) in [6.07, 6.45) is 1.97. The topological polar surface area (TPSA) is 74.2 Å². The predicted molar refractivity (Wildman–Crippen MR) is 96.8 cm³/mol. The average molecular weight is 357 g/mol. The van der Waals surface area contributed by atoms with Crippen molar-refractivity contribution in [2.24, 2.45) is 10.9 Å². The van der Waals surface area contributed by atoms with Crippen molar-refractivity contribution >= 4 is 17.5 Å². The van der Waals surface area contributed by atoms with Gasteiger partial charge in [-0.25, -0.2) is 0 Å². The molecule has 1 aromatic rings. The minimum atomic E-state index is -0.665. The molecule has 0 N–H and O–H groups in total. The second kappa shape index (κ2) is 7.32. The maximum atomic E-state index is 12.8. The number of hydrogen-bond donors (Lipinski definition) is 0. The van der Waals surface area contributed by atoms with Gasteiger partial charge in [0, 0.05) is 34.9 Å². The molecule has 1 heterocycles. The molecule has 1 aromatic carbocycles. The Kier molecular flexibility index (Phi) is 5.11. The number of allylic oxidation sites excluding steroid dienone is 2. The van der Waals surface area contributed by atoms with Gasteiger partial charge in [0.25, 0.3) is 0 Å². The van der Waals surface area contributed by atoms with Crippen molar-refractivity contribution in [1.82, 2.24) is 0 Å². The van der Waals surface area contributed by atoms with Gasteiger partial charge in [-0.15, -0.1) is 0 Å². The standard InChI is InChI=1S/C20H23NO5/c1-11-16(20(23)26-4)17(18-13(21-11)8-6-9-14(18)22)12-7-5-10-15(24-2)19(12)25-3/h5,7,10,16-17H,6,8-9H2,1-4H3/t16?,17-/m1/s1. The number of ether oxygens (including phenoxy) is 3. The Bertz CT molecular complexity index is 808. The predicted octanol–water partition coefficient (Wildman–Crippen LogP) is 3.06. The summed E-state index contributed by atoms with van der Waals surface area (Å²) in [6.45, 7) is 1.81. The van der Waals surface area contributed by atoms with Crippen molar-refractivity contribution in [2.45, 2.75) is 32.1 Å². The molecule has 1 aliphatic heterocycles. The van der Waals surface area contributed by atoms with E-state index in [0.717, 1.165) is 24.1 Å². The number of para-hydroxylation sites is 1. The number of carbonyl (C=O) groups is 2. The molecule has 0 saturated heterocycles. The van der Waals surface area contributed by atoms with Gasteiger partial charge in [0.05, 0.1) is 21.3 Å². The summed E-state index contributed by atoms with van der Waals surface area (Å²) in [6, 6.07) is 5.49. The van der Waals surface area contributed by atoms with Crippen LogP contribution in [0.3, 0.4) is 0 Å². The van der Waals surface area contributed by atoms with Crippen LogP contribution in [0, 0.1) is 5.92 Å². The van der Waals surface area contributed by atoms with Crippen molar-refractivity contribution in [1.29, 1.82) is 0 Å². The highest BCUT2D eigenvalue weighted by atomic mass is 16.5. The Morgan fingerprint density at radius 2 is 1.92 bits per heavy atom. The van der Waals surface area contributed by atoms with Gasteiger partial charge in [-0.05, 0) is 25.8 Å². The first kappa shape index (κ1) is 18.2. The normalized spacial score (nSPS) is 22.5. The molecule has 1 aliphatic carbocycles. The van der Waals surface area contributed by atoms with Gasteiger partial charge < -0.3 is 14.2 Å². The van der Waals surface area contributed by atoms with E-state index in [0.29, 0.717) is 29.2 Å². The highest BCUT2D eigenvalue weighted by Crippen LogP contribution is 2.48. The second-order valence-electron chi connectivity index (χ2n) is 6.45. The highest BCUT2D eigenvalue weighted by Gasteiger charge is 2.44. The third kappa shape index (κ3) is 2.89. The molecule has 6 heteroatoms. The minimum absolute atomic E-state index is 0.0336. The van der Waals surface area contributed by atoms with Crippen LogP contribution in [0.25, 0.3) is 0 Å². The number of hydrogen-bond acceptors (Lipinski definition) is 6. The molecule has 0 saturated carbocycles. The van der Waals surface area contributed by atoms with Gasteiger partial charge in [-0.3, -0.25) is 14.6 Å². The number of aliphatic imine (C=N–C) groups is 1. The van der Waals surface area contributed by atoms with Crippen molar-refractivity contribution in [2.75, 3.05) is 21.3 Å². The van der Waals surface area contributed by atoms with E-state index < -0.39 is 17.8 Å². The van der Waals surface area contributed by atoms with E-state index >= 15 is 0 Å². The Labute approximate surface area is 152 Å². The molecule has 6 nitrogen and oxygen atoms in total. The summed E-state index contributed by atoms with van der Waals surface area (Å²) in [5, 5.41) is 0. The first-order valence-corrected chi connectivity index (χ1v) is 8.63. The number of ketones is 1. The molecule has 0 bridgehead atoms. The Balaban J connectivity index is 2.26. The lowest BCUT2D eigenvalue weighted by Crippen LogP contribution is -2.37. The van der Waals surface area contributed by atoms with Gasteiger partial charge in [0.1, 0.15) is 5.92 Å². The minimum Gasteiger partial charge on any atom is -0.493 e. The number of Topliss-reactive ketones (excluding diaryl/α,β-unsaturated/α-hetero) is 1. The van der Waals surface area contributed by atoms with Crippen LogP contribution in [-0.2, 0) is 14.3 Å². The fourth-order valence-corrected chi connectivity index (χ4v) is 3.93. The van der Waals surface area contributed by atoms with E-state index in [-0.39, 0.29) is 5.78 Å². The van der Waals surface area contributed by atoms with Gasteiger partial charge in [0.2, 0.25) is 0 Å². The number of methoxy groups -OCH3 is 3. The van der Waals surface area contributed by atoms with Crippen molar-refractivity contribution in [3.63, 3.8) is 0 Å². The van der Waals surface area contributed by atoms with Crippen LogP contribution >= 0.6 is 0 Å². The van der Waals surface area contributed by atoms with Crippen molar-refractivity contribution in [3.05, 3.63) is 35.0 Å². The molecule has 26 heavy (non-hydrogen) atoms. The molecule has 0 amide bonds. The molecule has 2 atom stereocenters. The van der Waals surface area contributed by atoms with E-state index in [1.54, 1.807) is 20.3 Å². The average Bonchev–Trinajstić information content (AvgIpc) is 2.65. The number of nitrogens with zero attached hydrogens (tertiary/aromatic N) is 1. The molecule has 0 aromatic heterocycles. The molecule has 3 rings (SSSR count). The van der Waals surface area contributed by atoms with E-state index in [4.69, 9.17) is 14.2 Å².